The number of nitrogens with one attached hydrogen (secondary N) is 2. The number of carbonyl (C=O) groups is 1. The maximum absolute atomic E-state index is 12.3. The molecule has 0 radical (unpaired) electrons. The molecule has 1 aromatic heterocycles. The summed E-state index contributed by atoms with van der Waals surface area (Å²) in [5.41, 5.74) is 1.93. The zero-order valence-corrected chi connectivity index (χ0v) is 16.3. The van der Waals surface area contributed by atoms with Crippen molar-refractivity contribution in [2.45, 2.75) is 36.2 Å². The SMILES string of the molecule is C[C@H](Sc1nncn1C)c1cccc(NC(=O)NC2CCCN(C)C2)c1. The Labute approximate surface area is 158 Å². The van der Waals surface area contributed by atoms with E-state index in [2.05, 4.69) is 45.8 Å². The lowest BCUT2D eigenvalue weighted by Crippen LogP contribution is -2.47. The standard InChI is InChI=1S/C18H26N6OS/c1-13(26-18-22-19-12-24(18)3)14-6-4-7-15(10-14)20-17(25)21-16-8-5-9-23(2)11-16/h4,6-7,10,12-13,16H,5,8-9,11H2,1-3H3,(H2,20,21,25)/t13-,16?/m0/s1. The summed E-state index contributed by atoms with van der Waals surface area (Å²) in [6, 6.07) is 8.02. The first-order valence-electron chi connectivity index (χ1n) is 8.88. The Morgan fingerprint density at radius 3 is 2.96 bits per heavy atom. The summed E-state index contributed by atoms with van der Waals surface area (Å²) in [7, 11) is 4.02. The van der Waals surface area contributed by atoms with Crippen molar-refractivity contribution in [3.05, 3.63) is 36.2 Å². The van der Waals surface area contributed by atoms with E-state index in [-0.39, 0.29) is 17.3 Å². The van der Waals surface area contributed by atoms with Crippen LogP contribution in [0.5, 0.6) is 0 Å². The molecule has 0 saturated carbocycles. The second-order valence-electron chi connectivity index (χ2n) is 6.81. The van der Waals surface area contributed by atoms with Gasteiger partial charge in [0, 0.05) is 30.6 Å². The van der Waals surface area contributed by atoms with Gasteiger partial charge in [-0.25, -0.2) is 4.79 Å². The molecular formula is C18H26N6OS. The lowest BCUT2D eigenvalue weighted by atomic mass is 10.1. The molecule has 1 saturated heterocycles. The predicted octanol–water partition coefficient (Wildman–Crippen LogP) is 2.88. The molecule has 0 spiro atoms. The van der Waals surface area contributed by atoms with Crippen LogP contribution in [0.1, 0.15) is 30.6 Å². The molecule has 2 aromatic rings. The third-order valence-corrected chi connectivity index (χ3v) is 5.73. The van der Waals surface area contributed by atoms with Crippen LogP contribution in [0.2, 0.25) is 0 Å². The molecule has 0 bridgehead atoms. The molecule has 2 heterocycles. The van der Waals surface area contributed by atoms with Crippen LogP contribution in [-0.2, 0) is 7.05 Å². The number of amides is 2. The molecule has 26 heavy (non-hydrogen) atoms. The third-order valence-electron chi connectivity index (χ3n) is 4.53. The molecule has 1 aliphatic heterocycles. The van der Waals surface area contributed by atoms with Gasteiger partial charge in [0.05, 0.1) is 0 Å². The third kappa shape index (κ3) is 4.98. The van der Waals surface area contributed by atoms with Gasteiger partial charge in [0.1, 0.15) is 6.33 Å². The van der Waals surface area contributed by atoms with E-state index in [1.807, 2.05) is 29.8 Å². The number of benzene rings is 1. The van der Waals surface area contributed by atoms with E-state index in [0.717, 1.165) is 42.3 Å². The normalized spacial score (nSPS) is 19.1. The Morgan fingerprint density at radius 2 is 2.23 bits per heavy atom. The van der Waals surface area contributed by atoms with E-state index < -0.39 is 0 Å². The van der Waals surface area contributed by atoms with E-state index in [4.69, 9.17) is 0 Å². The van der Waals surface area contributed by atoms with Crippen LogP contribution in [0.4, 0.5) is 10.5 Å². The lowest BCUT2D eigenvalue weighted by Gasteiger charge is -2.30. The first kappa shape index (κ1) is 18.7. The van der Waals surface area contributed by atoms with E-state index >= 15 is 0 Å². The smallest absolute Gasteiger partial charge is 0.319 e. The lowest BCUT2D eigenvalue weighted by molar-refractivity contribution is 0.216. The highest BCUT2D eigenvalue weighted by Gasteiger charge is 2.19. The van der Waals surface area contributed by atoms with E-state index in [9.17, 15) is 4.79 Å². The van der Waals surface area contributed by atoms with Gasteiger partial charge >= 0.3 is 6.03 Å². The summed E-state index contributed by atoms with van der Waals surface area (Å²) in [4.78, 5) is 14.6. The largest absolute Gasteiger partial charge is 0.334 e. The summed E-state index contributed by atoms with van der Waals surface area (Å²) in [5, 5.41) is 15.1. The minimum atomic E-state index is -0.143. The monoisotopic (exact) mass is 374 g/mol. The zero-order valence-electron chi connectivity index (χ0n) is 15.5. The fourth-order valence-electron chi connectivity index (χ4n) is 3.11. The maximum Gasteiger partial charge on any atom is 0.319 e. The van der Waals surface area contributed by atoms with E-state index in [1.165, 1.54) is 0 Å². The minimum Gasteiger partial charge on any atom is -0.334 e. The van der Waals surface area contributed by atoms with Crippen molar-refractivity contribution in [3.63, 3.8) is 0 Å². The number of urea groups is 1. The summed E-state index contributed by atoms with van der Waals surface area (Å²) in [6.07, 6.45) is 3.84. The number of carbonyl (C=O) groups excluding carboxylic acids is 1. The predicted molar refractivity (Wildman–Crippen MR) is 104 cm³/mol. The van der Waals surface area contributed by atoms with E-state index in [0.29, 0.717) is 0 Å². The van der Waals surface area contributed by atoms with Crippen molar-refractivity contribution in [1.82, 2.24) is 25.0 Å². The average molecular weight is 375 g/mol. The van der Waals surface area contributed by atoms with Gasteiger partial charge < -0.3 is 20.1 Å². The highest BCUT2D eigenvalue weighted by Crippen LogP contribution is 2.34. The molecule has 1 fully saturated rings. The van der Waals surface area contributed by atoms with Gasteiger partial charge in [-0.2, -0.15) is 0 Å². The Balaban J connectivity index is 1.58. The molecule has 1 aromatic carbocycles. The molecule has 1 aliphatic rings. The maximum atomic E-state index is 12.3. The molecule has 140 valence electrons. The van der Waals surface area contributed by atoms with Gasteiger partial charge in [-0.1, -0.05) is 23.9 Å². The zero-order chi connectivity index (χ0) is 18.5. The number of likely N-dealkylation sites (N-methyl/N-ethyl adjacent to an activating group) is 1. The fourth-order valence-corrected chi connectivity index (χ4v) is 4.02. The van der Waals surface area contributed by atoms with Gasteiger partial charge in [-0.15, -0.1) is 10.2 Å². The topological polar surface area (TPSA) is 75.1 Å². The molecule has 2 N–H and O–H groups in total. The second kappa shape index (κ2) is 8.55. The molecule has 8 heteroatoms. The second-order valence-corrected chi connectivity index (χ2v) is 8.12. The van der Waals surface area contributed by atoms with Gasteiger partial charge in [-0.3, -0.25) is 0 Å². The van der Waals surface area contributed by atoms with Crippen LogP contribution in [0.15, 0.2) is 35.7 Å². The highest BCUT2D eigenvalue weighted by molar-refractivity contribution is 7.99. The molecule has 2 amide bonds. The van der Waals surface area contributed by atoms with Crippen LogP contribution in [-0.4, -0.2) is 51.9 Å². The number of anilines is 1. The molecule has 1 unspecified atom stereocenters. The molecule has 7 nitrogen and oxygen atoms in total. The van der Waals surface area contributed by atoms with Crippen LogP contribution >= 0.6 is 11.8 Å². The summed E-state index contributed by atoms with van der Waals surface area (Å²) in [5.74, 6) is 0. The van der Waals surface area contributed by atoms with E-state index in [1.54, 1.807) is 18.1 Å². The Morgan fingerprint density at radius 1 is 1.38 bits per heavy atom. The van der Waals surface area contributed by atoms with Crippen LogP contribution in [0, 0.1) is 0 Å². The van der Waals surface area contributed by atoms with Gasteiger partial charge in [-0.05, 0) is 51.1 Å². The summed E-state index contributed by atoms with van der Waals surface area (Å²) < 4.78 is 1.90. The number of likely N-dealkylation sites (tertiary alicyclic amines) is 1. The number of hydrogen-bond donors (Lipinski definition) is 2. The van der Waals surface area contributed by atoms with Crippen molar-refractivity contribution in [3.8, 4) is 0 Å². The van der Waals surface area contributed by atoms with Crippen molar-refractivity contribution in [2.24, 2.45) is 7.05 Å². The van der Waals surface area contributed by atoms with Crippen molar-refractivity contribution < 1.29 is 4.79 Å². The fraction of sp³-hybridized carbons (Fsp3) is 0.500. The molecular weight excluding hydrogens is 348 g/mol. The first-order chi connectivity index (χ1) is 12.5. The number of piperidine rings is 1. The van der Waals surface area contributed by atoms with Crippen molar-refractivity contribution in [1.29, 1.82) is 0 Å². The molecule has 0 aliphatic carbocycles. The van der Waals surface area contributed by atoms with Crippen LogP contribution < -0.4 is 10.6 Å². The van der Waals surface area contributed by atoms with Crippen molar-refractivity contribution in [2.75, 3.05) is 25.5 Å². The minimum absolute atomic E-state index is 0.143. The number of thioether (sulfide) groups is 1. The first-order valence-corrected chi connectivity index (χ1v) is 9.76. The number of rotatable bonds is 5. The van der Waals surface area contributed by atoms with Gasteiger partial charge in [0.15, 0.2) is 5.16 Å². The summed E-state index contributed by atoms with van der Waals surface area (Å²) in [6.45, 7) is 4.12. The van der Waals surface area contributed by atoms with Crippen LogP contribution in [0.3, 0.4) is 0 Å². The average Bonchev–Trinajstić information content (AvgIpc) is 3.00. The van der Waals surface area contributed by atoms with Gasteiger partial charge in [0.25, 0.3) is 0 Å². The Kier molecular flexibility index (Phi) is 6.16. The molecule has 2 atom stereocenters. The van der Waals surface area contributed by atoms with Crippen molar-refractivity contribution >= 4 is 23.5 Å². The number of aryl methyl sites for hydroxylation is 1. The quantitative estimate of drug-likeness (QED) is 0.787. The summed E-state index contributed by atoms with van der Waals surface area (Å²) >= 11 is 1.64. The van der Waals surface area contributed by atoms with Crippen LogP contribution in [0.25, 0.3) is 0 Å². The number of hydrogen-bond acceptors (Lipinski definition) is 5. The van der Waals surface area contributed by atoms with Gasteiger partial charge in [0.2, 0.25) is 0 Å². The molecule has 3 rings (SSSR count). The number of nitrogens with zero attached hydrogens (tertiary/aromatic N) is 4. The Bertz CT molecular complexity index is 749. The Hall–Kier alpha value is -2.06. The highest BCUT2D eigenvalue weighted by atomic mass is 32.2. The number of aromatic nitrogens is 3.